The molecule has 1 aliphatic carbocycles. The molecule has 1 aliphatic heterocycles. The molecule has 0 N–H and O–H groups in total. The van der Waals surface area contributed by atoms with Crippen molar-refractivity contribution < 1.29 is 24.1 Å². The Morgan fingerprint density at radius 1 is 1.06 bits per heavy atom. The SMILES string of the molecule is C[C@@H]1C=CC[C@H]2C(=O)N(N(CC(=O)c3ccccc3)C(=O)c3cccc([N+](=O)[O-])c3)C(=O)[C@@H]12. The molecule has 168 valence electrons. The summed E-state index contributed by atoms with van der Waals surface area (Å²) in [4.78, 5) is 63.4. The number of hydrogen-bond donors (Lipinski definition) is 0. The third-order valence-corrected chi connectivity index (χ3v) is 6.02. The van der Waals surface area contributed by atoms with Gasteiger partial charge in [-0.3, -0.25) is 29.3 Å². The Kier molecular flexibility index (Phi) is 5.87. The number of ketones is 1. The molecule has 3 atom stereocenters. The zero-order valence-corrected chi connectivity index (χ0v) is 17.8. The molecule has 9 nitrogen and oxygen atoms in total. The number of nitrogens with zero attached hydrogens (tertiary/aromatic N) is 3. The van der Waals surface area contributed by atoms with Gasteiger partial charge in [0.15, 0.2) is 5.78 Å². The highest BCUT2D eigenvalue weighted by Gasteiger charge is 2.53. The van der Waals surface area contributed by atoms with E-state index in [1.807, 2.05) is 19.1 Å². The van der Waals surface area contributed by atoms with E-state index in [-0.39, 0.29) is 17.2 Å². The average Bonchev–Trinajstić information content (AvgIpc) is 3.08. The van der Waals surface area contributed by atoms with Crippen LogP contribution in [0.1, 0.15) is 34.1 Å². The number of non-ortho nitro benzene ring substituents is 1. The molecule has 9 heteroatoms. The Morgan fingerprint density at radius 3 is 2.42 bits per heavy atom. The van der Waals surface area contributed by atoms with Crippen molar-refractivity contribution in [3.8, 4) is 0 Å². The lowest BCUT2D eigenvalue weighted by Gasteiger charge is -2.30. The number of hydrogen-bond acceptors (Lipinski definition) is 6. The summed E-state index contributed by atoms with van der Waals surface area (Å²) in [6, 6.07) is 13.2. The van der Waals surface area contributed by atoms with E-state index in [1.54, 1.807) is 30.3 Å². The van der Waals surface area contributed by atoms with Gasteiger partial charge in [0.25, 0.3) is 23.4 Å². The number of carbonyl (C=O) groups excluding carboxylic acids is 4. The van der Waals surface area contributed by atoms with Gasteiger partial charge in [-0.1, -0.05) is 55.5 Å². The van der Waals surface area contributed by atoms with Crippen LogP contribution in [0.5, 0.6) is 0 Å². The van der Waals surface area contributed by atoms with Crippen LogP contribution >= 0.6 is 0 Å². The minimum Gasteiger partial charge on any atom is -0.292 e. The first-order chi connectivity index (χ1) is 15.8. The first kappa shape index (κ1) is 22.1. The van der Waals surface area contributed by atoms with Crippen LogP contribution in [0.25, 0.3) is 0 Å². The lowest BCUT2D eigenvalue weighted by molar-refractivity contribution is -0.384. The number of benzene rings is 2. The minimum atomic E-state index is -0.844. The summed E-state index contributed by atoms with van der Waals surface area (Å²) in [6.45, 7) is 1.26. The van der Waals surface area contributed by atoms with Crippen LogP contribution in [0, 0.1) is 27.9 Å². The summed E-state index contributed by atoms with van der Waals surface area (Å²) in [5.74, 6) is -3.88. The molecule has 0 saturated carbocycles. The maximum absolute atomic E-state index is 13.4. The largest absolute Gasteiger partial charge is 0.292 e. The average molecular weight is 447 g/mol. The molecule has 1 heterocycles. The van der Waals surface area contributed by atoms with Gasteiger partial charge in [0.05, 0.1) is 16.8 Å². The van der Waals surface area contributed by atoms with Crippen molar-refractivity contribution >= 4 is 29.2 Å². The lowest BCUT2D eigenvalue weighted by atomic mass is 9.78. The monoisotopic (exact) mass is 447 g/mol. The lowest BCUT2D eigenvalue weighted by Crippen LogP contribution is -2.52. The van der Waals surface area contributed by atoms with Crippen LogP contribution in [-0.2, 0) is 9.59 Å². The van der Waals surface area contributed by atoms with Gasteiger partial charge in [0.2, 0.25) is 0 Å². The van der Waals surface area contributed by atoms with Crippen molar-refractivity contribution in [2.24, 2.45) is 17.8 Å². The van der Waals surface area contributed by atoms with E-state index >= 15 is 0 Å². The smallest absolute Gasteiger partial charge is 0.273 e. The molecule has 0 unspecified atom stereocenters. The number of nitro benzene ring substituents is 1. The fraction of sp³-hybridized carbons (Fsp3) is 0.250. The molecule has 1 fully saturated rings. The highest BCUT2D eigenvalue weighted by atomic mass is 16.6. The first-order valence-corrected chi connectivity index (χ1v) is 10.5. The molecule has 4 rings (SSSR count). The first-order valence-electron chi connectivity index (χ1n) is 10.5. The molecule has 1 saturated heterocycles. The van der Waals surface area contributed by atoms with Crippen molar-refractivity contribution in [1.29, 1.82) is 0 Å². The standard InChI is InChI=1S/C24H21N3O6/c1-15-7-5-12-19-21(15)24(31)26(23(19)30)25(14-20(28)16-8-3-2-4-9-16)22(29)17-10-6-11-18(13-17)27(32)33/h2-11,13,15,19,21H,12,14H2,1H3/t15-,19-,21+/m1/s1. The zero-order chi connectivity index (χ0) is 23.7. The van der Waals surface area contributed by atoms with E-state index < -0.39 is 46.8 Å². The van der Waals surface area contributed by atoms with Crippen molar-refractivity contribution in [1.82, 2.24) is 10.0 Å². The number of carbonyl (C=O) groups is 4. The van der Waals surface area contributed by atoms with Gasteiger partial charge in [-0.05, 0) is 18.4 Å². The fourth-order valence-electron chi connectivity index (χ4n) is 4.36. The minimum absolute atomic E-state index is 0.105. The van der Waals surface area contributed by atoms with Crippen LogP contribution in [0.15, 0.2) is 66.7 Å². The van der Waals surface area contributed by atoms with Crippen LogP contribution < -0.4 is 0 Å². The highest BCUT2D eigenvalue weighted by Crippen LogP contribution is 2.39. The van der Waals surface area contributed by atoms with Gasteiger partial charge in [-0.2, -0.15) is 5.01 Å². The van der Waals surface area contributed by atoms with Crippen LogP contribution in [0.4, 0.5) is 5.69 Å². The molecule has 3 amide bonds. The number of rotatable bonds is 6. The van der Waals surface area contributed by atoms with Gasteiger partial charge in [-0.15, -0.1) is 0 Å². The van der Waals surface area contributed by atoms with E-state index in [4.69, 9.17) is 0 Å². The Morgan fingerprint density at radius 2 is 1.76 bits per heavy atom. The number of nitro groups is 1. The van der Waals surface area contributed by atoms with E-state index in [1.165, 1.54) is 18.2 Å². The summed E-state index contributed by atoms with van der Waals surface area (Å²) in [7, 11) is 0. The maximum Gasteiger partial charge on any atom is 0.273 e. The number of allylic oxidation sites excluding steroid dienone is 2. The molecule has 0 bridgehead atoms. The normalized spacial score (nSPS) is 21.6. The Balaban J connectivity index is 1.73. The van der Waals surface area contributed by atoms with E-state index in [2.05, 4.69) is 0 Å². The van der Waals surface area contributed by atoms with Crippen LogP contribution in [0.2, 0.25) is 0 Å². The third-order valence-electron chi connectivity index (χ3n) is 6.02. The predicted molar refractivity (Wildman–Crippen MR) is 117 cm³/mol. The van der Waals surface area contributed by atoms with Crippen molar-refractivity contribution in [3.05, 3.63) is 88.0 Å². The zero-order valence-electron chi connectivity index (χ0n) is 17.8. The maximum atomic E-state index is 13.4. The van der Waals surface area contributed by atoms with E-state index in [0.717, 1.165) is 16.1 Å². The van der Waals surface area contributed by atoms with Gasteiger partial charge in [-0.25, -0.2) is 5.01 Å². The Hall–Kier alpha value is -4.14. The van der Waals surface area contributed by atoms with Crippen LogP contribution in [0.3, 0.4) is 0 Å². The molecular formula is C24H21N3O6. The summed E-state index contributed by atoms with van der Waals surface area (Å²) >= 11 is 0. The summed E-state index contributed by atoms with van der Waals surface area (Å²) in [5.41, 5.74) is -0.117. The second kappa shape index (κ2) is 8.78. The van der Waals surface area contributed by atoms with E-state index in [0.29, 0.717) is 12.0 Å². The van der Waals surface area contributed by atoms with Crippen molar-refractivity contribution in [2.75, 3.05) is 6.54 Å². The fourth-order valence-corrected chi connectivity index (χ4v) is 4.36. The van der Waals surface area contributed by atoms with Gasteiger partial charge >= 0.3 is 0 Å². The number of amides is 3. The third kappa shape index (κ3) is 4.05. The Bertz CT molecular complexity index is 1180. The molecule has 0 radical (unpaired) electrons. The second-order valence-corrected chi connectivity index (χ2v) is 8.10. The van der Waals surface area contributed by atoms with Gasteiger partial charge in [0.1, 0.15) is 6.54 Å². The summed E-state index contributed by atoms with van der Waals surface area (Å²) < 4.78 is 0. The molecule has 0 spiro atoms. The highest BCUT2D eigenvalue weighted by molar-refractivity contribution is 6.10. The number of hydrazine groups is 1. The number of Topliss-reactive ketones (excluding diaryl/α,β-unsaturated/α-hetero) is 1. The van der Waals surface area contributed by atoms with Crippen molar-refractivity contribution in [2.45, 2.75) is 13.3 Å². The van der Waals surface area contributed by atoms with Crippen molar-refractivity contribution in [3.63, 3.8) is 0 Å². The molecule has 33 heavy (non-hydrogen) atoms. The summed E-state index contributed by atoms with van der Waals surface area (Å²) in [5, 5.41) is 12.8. The predicted octanol–water partition coefficient (Wildman–Crippen LogP) is 3.03. The van der Waals surface area contributed by atoms with Crippen LogP contribution in [-0.4, -0.2) is 45.0 Å². The second-order valence-electron chi connectivity index (χ2n) is 8.10. The molecule has 2 aromatic carbocycles. The van der Waals surface area contributed by atoms with Gasteiger partial charge in [0, 0.05) is 23.3 Å². The Labute approximate surface area is 189 Å². The molecule has 0 aromatic heterocycles. The number of fused-ring (bicyclic) bond motifs is 1. The summed E-state index contributed by atoms with van der Waals surface area (Å²) in [6.07, 6.45) is 4.06. The van der Waals surface area contributed by atoms with Gasteiger partial charge < -0.3 is 0 Å². The number of imide groups is 1. The quantitative estimate of drug-likeness (QED) is 0.221. The topological polar surface area (TPSA) is 118 Å². The van der Waals surface area contributed by atoms with E-state index in [9.17, 15) is 29.3 Å². The molecule has 2 aliphatic rings. The molecule has 2 aromatic rings. The molecular weight excluding hydrogens is 426 g/mol.